The third-order valence-electron chi connectivity index (χ3n) is 3.42. The number of nitro groups is 1. The van der Waals surface area contributed by atoms with Crippen LogP contribution in [0.4, 0.5) is 5.88 Å². The van der Waals surface area contributed by atoms with Gasteiger partial charge in [0.2, 0.25) is 5.76 Å². The molecular formula is C17H19N3O4. The summed E-state index contributed by atoms with van der Waals surface area (Å²) < 4.78 is 4.79. The van der Waals surface area contributed by atoms with Crippen LogP contribution < -0.4 is 5.43 Å². The minimum Gasteiger partial charge on any atom is -0.395 e. The quantitative estimate of drug-likeness (QED) is 0.345. The molecule has 0 saturated heterocycles. The number of amides is 1. The molecule has 0 bridgehead atoms. The molecule has 2 rings (SSSR count). The number of nitrogens with one attached hydrogen (secondary N) is 1. The Morgan fingerprint density at radius 2 is 2.00 bits per heavy atom. The van der Waals surface area contributed by atoms with Crippen LogP contribution in [0.3, 0.4) is 0 Å². The molecule has 2 aromatic rings. The van der Waals surface area contributed by atoms with Crippen LogP contribution in [-0.2, 0) is 6.42 Å². The van der Waals surface area contributed by atoms with Crippen molar-refractivity contribution in [3.8, 4) is 0 Å². The first-order valence-electron chi connectivity index (χ1n) is 7.76. The summed E-state index contributed by atoms with van der Waals surface area (Å²) in [5, 5.41) is 14.3. The van der Waals surface area contributed by atoms with Crippen LogP contribution in [0.1, 0.15) is 47.9 Å². The summed E-state index contributed by atoms with van der Waals surface area (Å²) in [7, 11) is 0. The number of hydrogen-bond donors (Lipinski definition) is 1. The monoisotopic (exact) mass is 329 g/mol. The van der Waals surface area contributed by atoms with E-state index in [1.54, 1.807) is 0 Å². The van der Waals surface area contributed by atoms with Gasteiger partial charge in [-0.05, 0) is 30.0 Å². The molecule has 1 aromatic heterocycles. The van der Waals surface area contributed by atoms with Gasteiger partial charge in [0.05, 0.1) is 12.3 Å². The first-order valence-corrected chi connectivity index (χ1v) is 7.76. The van der Waals surface area contributed by atoms with E-state index in [1.807, 2.05) is 24.3 Å². The number of furan rings is 1. The van der Waals surface area contributed by atoms with Gasteiger partial charge in [-0.1, -0.05) is 44.0 Å². The Bertz CT molecular complexity index is 720. The molecule has 7 heteroatoms. The Morgan fingerprint density at radius 3 is 2.62 bits per heavy atom. The topological polar surface area (TPSA) is 97.7 Å². The van der Waals surface area contributed by atoms with Crippen molar-refractivity contribution < 1.29 is 14.1 Å². The first kappa shape index (κ1) is 17.4. The van der Waals surface area contributed by atoms with Crippen LogP contribution in [0.2, 0.25) is 0 Å². The summed E-state index contributed by atoms with van der Waals surface area (Å²) in [5.74, 6) is -1.29. The summed E-state index contributed by atoms with van der Waals surface area (Å²) in [6.07, 6.45) is 6.16. The number of hydrazone groups is 1. The predicted molar refractivity (Wildman–Crippen MR) is 90.1 cm³/mol. The van der Waals surface area contributed by atoms with E-state index in [2.05, 4.69) is 17.5 Å². The standard InChI is InChI=1S/C17H19N3O4/c1-2-3-4-5-13-6-8-14(9-7-13)12-18-19-17(21)15-10-11-16(24-15)20(22)23/h6-12H,2-5H2,1H3,(H,19,21). The van der Waals surface area contributed by atoms with Crippen molar-refractivity contribution in [3.63, 3.8) is 0 Å². The van der Waals surface area contributed by atoms with E-state index in [0.717, 1.165) is 18.1 Å². The lowest BCUT2D eigenvalue weighted by molar-refractivity contribution is -0.402. The molecular weight excluding hydrogens is 310 g/mol. The average Bonchev–Trinajstić information content (AvgIpc) is 3.07. The highest BCUT2D eigenvalue weighted by atomic mass is 16.6. The summed E-state index contributed by atoms with van der Waals surface area (Å²) in [5.41, 5.74) is 4.39. The zero-order chi connectivity index (χ0) is 17.4. The maximum absolute atomic E-state index is 11.7. The second kappa shape index (κ2) is 8.61. The van der Waals surface area contributed by atoms with Crippen LogP contribution in [0.5, 0.6) is 0 Å². The second-order valence-electron chi connectivity index (χ2n) is 5.29. The Kier molecular flexibility index (Phi) is 6.24. The van der Waals surface area contributed by atoms with Gasteiger partial charge in [-0.2, -0.15) is 5.10 Å². The van der Waals surface area contributed by atoms with Crippen LogP contribution in [-0.4, -0.2) is 17.0 Å². The summed E-state index contributed by atoms with van der Waals surface area (Å²) in [6, 6.07) is 10.3. The number of unbranched alkanes of at least 4 members (excludes halogenated alkanes) is 2. The minimum absolute atomic E-state index is 0.162. The van der Waals surface area contributed by atoms with Crippen molar-refractivity contribution in [2.45, 2.75) is 32.6 Å². The molecule has 0 aliphatic heterocycles. The molecule has 7 nitrogen and oxygen atoms in total. The Morgan fingerprint density at radius 1 is 1.25 bits per heavy atom. The Hall–Kier alpha value is -2.96. The number of rotatable bonds is 8. The zero-order valence-corrected chi connectivity index (χ0v) is 13.4. The molecule has 0 aliphatic rings. The van der Waals surface area contributed by atoms with E-state index in [0.29, 0.717) is 0 Å². The Labute approximate surface area is 139 Å². The van der Waals surface area contributed by atoms with Crippen molar-refractivity contribution in [1.82, 2.24) is 5.43 Å². The van der Waals surface area contributed by atoms with Crippen LogP contribution in [0.15, 0.2) is 45.9 Å². The molecule has 24 heavy (non-hydrogen) atoms. The summed E-state index contributed by atoms with van der Waals surface area (Å²) in [4.78, 5) is 21.5. The number of hydrogen-bond acceptors (Lipinski definition) is 5. The van der Waals surface area contributed by atoms with Gasteiger partial charge >= 0.3 is 11.8 Å². The van der Waals surface area contributed by atoms with Crippen LogP contribution in [0.25, 0.3) is 0 Å². The molecule has 126 valence electrons. The van der Waals surface area contributed by atoms with Crippen molar-refractivity contribution in [3.05, 3.63) is 63.4 Å². The van der Waals surface area contributed by atoms with E-state index in [4.69, 9.17) is 4.42 Å². The lowest BCUT2D eigenvalue weighted by atomic mass is 10.1. The summed E-state index contributed by atoms with van der Waals surface area (Å²) in [6.45, 7) is 2.18. The van der Waals surface area contributed by atoms with E-state index in [-0.39, 0.29) is 5.76 Å². The zero-order valence-electron chi connectivity index (χ0n) is 13.4. The van der Waals surface area contributed by atoms with Gasteiger partial charge in [-0.25, -0.2) is 5.43 Å². The highest BCUT2D eigenvalue weighted by molar-refractivity contribution is 5.92. The molecule has 1 amide bonds. The van der Waals surface area contributed by atoms with Crippen LogP contribution in [0, 0.1) is 10.1 Å². The highest BCUT2D eigenvalue weighted by Gasteiger charge is 2.16. The molecule has 0 spiro atoms. The third kappa shape index (κ3) is 5.05. The van der Waals surface area contributed by atoms with Gasteiger partial charge in [0, 0.05) is 0 Å². The van der Waals surface area contributed by atoms with Crippen LogP contribution >= 0.6 is 0 Å². The number of benzene rings is 1. The van der Waals surface area contributed by atoms with E-state index in [9.17, 15) is 14.9 Å². The average molecular weight is 329 g/mol. The van der Waals surface area contributed by atoms with Gasteiger partial charge in [0.25, 0.3) is 0 Å². The van der Waals surface area contributed by atoms with Gasteiger partial charge < -0.3 is 4.42 Å². The van der Waals surface area contributed by atoms with E-state index in [1.165, 1.54) is 37.1 Å². The molecule has 1 aromatic carbocycles. The third-order valence-corrected chi connectivity index (χ3v) is 3.42. The van der Waals surface area contributed by atoms with Crippen molar-refractivity contribution in [1.29, 1.82) is 0 Å². The fraction of sp³-hybridized carbons (Fsp3) is 0.294. The predicted octanol–water partition coefficient (Wildman–Crippen LogP) is 3.68. The fourth-order valence-electron chi connectivity index (χ4n) is 2.12. The normalized spacial score (nSPS) is 10.9. The number of carbonyl (C=O) groups excluding carboxylic acids is 1. The molecule has 0 aliphatic carbocycles. The smallest absolute Gasteiger partial charge is 0.395 e. The largest absolute Gasteiger partial charge is 0.433 e. The van der Waals surface area contributed by atoms with Gasteiger partial charge in [-0.15, -0.1) is 0 Å². The lowest BCUT2D eigenvalue weighted by Crippen LogP contribution is -2.16. The molecule has 0 radical (unpaired) electrons. The maximum atomic E-state index is 11.7. The van der Waals surface area contributed by atoms with Crippen molar-refractivity contribution in [2.24, 2.45) is 5.10 Å². The number of nitrogens with zero attached hydrogens (tertiary/aromatic N) is 2. The molecule has 0 fully saturated rings. The maximum Gasteiger partial charge on any atom is 0.433 e. The molecule has 0 atom stereocenters. The van der Waals surface area contributed by atoms with Gasteiger partial charge in [0.1, 0.15) is 4.92 Å². The van der Waals surface area contributed by atoms with Crippen molar-refractivity contribution >= 4 is 18.0 Å². The highest BCUT2D eigenvalue weighted by Crippen LogP contribution is 2.15. The first-order chi connectivity index (χ1) is 11.6. The summed E-state index contributed by atoms with van der Waals surface area (Å²) >= 11 is 0. The van der Waals surface area contributed by atoms with E-state index < -0.39 is 16.7 Å². The lowest BCUT2D eigenvalue weighted by Gasteiger charge is -2.01. The minimum atomic E-state index is -0.706. The van der Waals surface area contributed by atoms with Gasteiger partial charge in [-0.3, -0.25) is 14.9 Å². The van der Waals surface area contributed by atoms with E-state index >= 15 is 0 Å². The number of aryl methyl sites for hydroxylation is 1. The van der Waals surface area contributed by atoms with Gasteiger partial charge in [0.15, 0.2) is 0 Å². The molecule has 0 saturated carbocycles. The SMILES string of the molecule is CCCCCc1ccc(C=NNC(=O)c2ccc([N+](=O)[O-])o2)cc1. The second-order valence-corrected chi connectivity index (χ2v) is 5.29. The van der Waals surface area contributed by atoms with Crippen molar-refractivity contribution in [2.75, 3.05) is 0 Å². The fourth-order valence-corrected chi connectivity index (χ4v) is 2.12. The molecule has 1 heterocycles. The molecule has 0 unspecified atom stereocenters. The Balaban J connectivity index is 1.86. The molecule has 1 N–H and O–H groups in total. The number of carbonyl (C=O) groups is 1.